The van der Waals surface area contributed by atoms with Crippen LogP contribution >= 0.6 is 11.6 Å². The molecule has 2 N–H and O–H groups in total. The number of amides is 2. The number of hydrogen-bond donors (Lipinski definition) is 2. The number of pyridine rings is 1. The van der Waals surface area contributed by atoms with E-state index in [0.717, 1.165) is 23.4 Å². The Bertz CT molecular complexity index is 1110. The van der Waals surface area contributed by atoms with E-state index in [1.807, 2.05) is 6.92 Å². The summed E-state index contributed by atoms with van der Waals surface area (Å²) in [5.41, 5.74) is 2.26. The predicted octanol–water partition coefficient (Wildman–Crippen LogP) is 4.82. The van der Waals surface area contributed by atoms with Gasteiger partial charge in [-0.3, -0.25) is 14.6 Å². The van der Waals surface area contributed by atoms with Crippen LogP contribution in [-0.2, 0) is 0 Å². The van der Waals surface area contributed by atoms with Gasteiger partial charge in [0.25, 0.3) is 11.8 Å². The zero-order valence-corrected chi connectivity index (χ0v) is 17.0. The number of rotatable bonds is 5. The molecule has 2 aromatic carbocycles. The van der Waals surface area contributed by atoms with E-state index in [1.165, 1.54) is 18.3 Å². The molecule has 6 nitrogen and oxygen atoms in total. The van der Waals surface area contributed by atoms with Crippen molar-refractivity contribution in [1.82, 2.24) is 4.98 Å². The Morgan fingerprint density at radius 2 is 1.67 bits per heavy atom. The largest absolute Gasteiger partial charge is 0.321 e. The number of nitrogens with one attached hydrogen (secondary N) is 2. The van der Waals surface area contributed by atoms with Gasteiger partial charge in [-0.05, 0) is 55.0 Å². The average Bonchev–Trinajstić information content (AvgIpc) is 2.76. The molecule has 0 unspecified atom stereocenters. The quantitative estimate of drug-likeness (QED) is 0.576. The zero-order chi connectivity index (χ0) is 21.7. The smallest absolute Gasteiger partial charge is 0.259 e. The van der Waals surface area contributed by atoms with Crippen LogP contribution in [0.5, 0.6) is 0 Å². The first-order valence-electron chi connectivity index (χ1n) is 8.95. The highest BCUT2D eigenvalue weighted by Gasteiger charge is 2.16. The van der Waals surface area contributed by atoms with Gasteiger partial charge in [-0.1, -0.05) is 23.7 Å². The molecule has 3 rings (SSSR count). The van der Waals surface area contributed by atoms with E-state index in [-0.39, 0.29) is 17.1 Å². The molecule has 2 amide bonds. The van der Waals surface area contributed by atoms with E-state index >= 15 is 0 Å². The molecule has 1 heterocycles. The molecule has 0 fully saturated rings. The van der Waals surface area contributed by atoms with Crippen LogP contribution in [-0.4, -0.2) is 29.6 Å². The fourth-order valence-corrected chi connectivity index (χ4v) is 2.74. The average molecular weight is 425 g/mol. The number of hydrogen-bond acceptors (Lipinski definition) is 4. The van der Waals surface area contributed by atoms with Gasteiger partial charge >= 0.3 is 0 Å². The van der Waals surface area contributed by atoms with Crippen LogP contribution in [0.4, 0.5) is 15.9 Å². The number of benzene rings is 2. The van der Waals surface area contributed by atoms with Gasteiger partial charge in [0.15, 0.2) is 0 Å². The third-order valence-electron chi connectivity index (χ3n) is 4.34. The van der Waals surface area contributed by atoms with Crippen molar-refractivity contribution >= 4 is 40.6 Å². The maximum absolute atomic E-state index is 13.8. The van der Waals surface area contributed by atoms with Crippen molar-refractivity contribution < 1.29 is 14.0 Å². The minimum Gasteiger partial charge on any atom is -0.321 e. The minimum absolute atomic E-state index is 0.0364. The van der Waals surface area contributed by atoms with Crippen molar-refractivity contribution in [2.75, 3.05) is 17.7 Å². The van der Waals surface area contributed by atoms with Crippen LogP contribution in [0.2, 0.25) is 5.02 Å². The molecule has 0 aliphatic heterocycles. The Morgan fingerprint density at radius 1 is 0.967 bits per heavy atom. The number of carbonyl (C=O) groups excluding carboxylic acids is 2. The van der Waals surface area contributed by atoms with Crippen molar-refractivity contribution in [3.05, 3.63) is 88.3 Å². The van der Waals surface area contributed by atoms with Crippen LogP contribution in [0.25, 0.3) is 0 Å². The Hall–Kier alpha value is -3.58. The second-order valence-electron chi connectivity index (χ2n) is 6.35. The van der Waals surface area contributed by atoms with Gasteiger partial charge < -0.3 is 10.6 Å². The van der Waals surface area contributed by atoms with Gasteiger partial charge in [-0.25, -0.2) is 9.37 Å². The SMILES string of the molecule is CN=C(C)c1ccc(C(=O)Nc2ccc(F)cc2C(=O)Nc2ccc(Cl)cn2)cc1. The van der Waals surface area contributed by atoms with E-state index in [2.05, 4.69) is 20.6 Å². The molecule has 30 heavy (non-hydrogen) atoms. The van der Waals surface area contributed by atoms with Crippen molar-refractivity contribution in [3.8, 4) is 0 Å². The first-order valence-corrected chi connectivity index (χ1v) is 9.33. The van der Waals surface area contributed by atoms with Crippen LogP contribution in [0, 0.1) is 5.82 Å². The van der Waals surface area contributed by atoms with Crippen molar-refractivity contribution in [2.45, 2.75) is 6.92 Å². The summed E-state index contributed by atoms with van der Waals surface area (Å²) >= 11 is 5.78. The van der Waals surface area contributed by atoms with Gasteiger partial charge in [-0.15, -0.1) is 0 Å². The summed E-state index contributed by atoms with van der Waals surface area (Å²) in [5, 5.41) is 5.62. The third-order valence-corrected chi connectivity index (χ3v) is 4.57. The van der Waals surface area contributed by atoms with Crippen LogP contribution < -0.4 is 10.6 Å². The number of anilines is 2. The van der Waals surface area contributed by atoms with Crippen LogP contribution in [0.15, 0.2) is 65.8 Å². The fourth-order valence-electron chi connectivity index (χ4n) is 2.63. The van der Waals surface area contributed by atoms with Crippen LogP contribution in [0.3, 0.4) is 0 Å². The molecule has 0 saturated carbocycles. The maximum atomic E-state index is 13.8. The molecule has 0 bridgehead atoms. The molecule has 0 saturated heterocycles. The third kappa shape index (κ3) is 5.07. The summed E-state index contributed by atoms with van der Waals surface area (Å²) in [7, 11) is 1.69. The van der Waals surface area contributed by atoms with E-state index in [0.29, 0.717) is 10.6 Å². The molecular formula is C22H18ClFN4O2. The Kier molecular flexibility index (Phi) is 6.54. The highest BCUT2D eigenvalue weighted by Crippen LogP contribution is 2.20. The number of aliphatic imine (C=N–C) groups is 1. The monoisotopic (exact) mass is 424 g/mol. The van der Waals surface area contributed by atoms with Crippen molar-refractivity contribution in [3.63, 3.8) is 0 Å². The molecule has 0 aliphatic rings. The molecule has 0 aliphatic carbocycles. The molecule has 0 spiro atoms. The summed E-state index contributed by atoms with van der Waals surface area (Å²) in [5.74, 6) is -1.42. The predicted molar refractivity (Wildman–Crippen MR) is 116 cm³/mol. The van der Waals surface area contributed by atoms with Gasteiger partial charge in [0.1, 0.15) is 11.6 Å². The van der Waals surface area contributed by atoms with E-state index < -0.39 is 17.6 Å². The number of halogens is 2. The van der Waals surface area contributed by atoms with Gasteiger partial charge in [0.05, 0.1) is 16.3 Å². The molecular weight excluding hydrogens is 407 g/mol. The molecule has 0 radical (unpaired) electrons. The second-order valence-corrected chi connectivity index (χ2v) is 6.78. The highest BCUT2D eigenvalue weighted by atomic mass is 35.5. The lowest BCUT2D eigenvalue weighted by Crippen LogP contribution is -2.19. The Balaban J connectivity index is 1.81. The number of aromatic nitrogens is 1. The summed E-state index contributed by atoms with van der Waals surface area (Å²) in [4.78, 5) is 33.3. The zero-order valence-electron chi connectivity index (χ0n) is 16.2. The van der Waals surface area contributed by atoms with E-state index in [9.17, 15) is 14.0 Å². The molecule has 152 valence electrons. The number of carbonyl (C=O) groups is 2. The summed E-state index contributed by atoms with van der Waals surface area (Å²) in [6, 6.07) is 13.5. The fraction of sp³-hybridized carbons (Fsp3) is 0.0909. The van der Waals surface area contributed by atoms with Crippen molar-refractivity contribution in [2.24, 2.45) is 4.99 Å². The Morgan fingerprint density at radius 3 is 2.30 bits per heavy atom. The minimum atomic E-state index is -0.621. The summed E-state index contributed by atoms with van der Waals surface area (Å²) in [6.07, 6.45) is 1.38. The topological polar surface area (TPSA) is 83.5 Å². The first-order chi connectivity index (χ1) is 14.4. The molecule has 1 aromatic heterocycles. The molecule has 3 aromatic rings. The lowest BCUT2D eigenvalue weighted by atomic mass is 10.1. The lowest BCUT2D eigenvalue weighted by Gasteiger charge is -2.12. The normalized spacial score (nSPS) is 11.1. The van der Waals surface area contributed by atoms with Gasteiger partial charge in [0.2, 0.25) is 0 Å². The number of nitrogens with zero attached hydrogens (tertiary/aromatic N) is 2. The maximum Gasteiger partial charge on any atom is 0.259 e. The van der Waals surface area contributed by atoms with Crippen molar-refractivity contribution in [1.29, 1.82) is 0 Å². The second kappa shape index (κ2) is 9.28. The standard InChI is InChI=1S/C22H18ClFN4O2/c1-13(25-2)14-3-5-15(6-4-14)21(29)27-19-9-8-17(24)11-18(19)22(30)28-20-10-7-16(23)12-26-20/h3-12H,1-2H3,(H,27,29)(H,26,28,30). The van der Waals surface area contributed by atoms with E-state index in [1.54, 1.807) is 37.4 Å². The Labute approximate surface area is 177 Å². The first kappa shape index (κ1) is 21.1. The summed E-state index contributed by atoms with van der Waals surface area (Å²) in [6.45, 7) is 1.87. The molecule has 0 atom stereocenters. The highest BCUT2D eigenvalue weighted by molar-refractivity contribution is 6.30. The summed E-state index contributed by atoms with van der Waals surface area (Å²) < 4.78 is 13.8. The van der Waals surface area contributed by atoms with E-state index in [4.69, 9.17) is 11.6 Å². The molecule has 8 heteroatoms. The van der Waals surface area contributed by atoms with Gasteiger partial charge in [0, 0.05) is 24.5 Å². The lowest BCUT2D eigenvalue weighted by molar-refractivity contribution is 0.102. The van der Waals surface area contributed by atoms with Gasteiger partial charge in [-0.2, -0.15) is 0 Å². The van der Waals surface area contributed by atoms with Crippen LogP contribution in [0.1, 0.15) is 33.2 Å².